The van der Waals surface area contributed by atoms with E-state index in [1.54, 1.807) is 0 Å². The minimum absolute atomic E-state index is 0.288. The zero-order valence-electron chi connectivity index (χ0n) is 12.4. The lowest BCUT2D eigenvalue weighted by molar-refractivity contribution is 0.0316. The molecule has 3 unspecified atom stereocenters. The van der Waals surface area contributed by atoms with Crippen LogP contribution in [-0.4, -0.2) is 28.5 Å². The zero-order valence-corrected chi connectivity index (χ0v) is 12.4. The van der Waals surface area contributed by atoms with Crippen molar-refractivity contribution in [3.8, 4) is 0 Å². The van der Waals surface area contributed by atoms with Gasteiger partial charge >= 0.3 is 0 Å². The van der Waals surface area contributed by atoms with Crippen molar-refractivity contribution in [2.45, 2.75) is 71.2 Å². The standard InChI is InChI=1S/C15H27N3O/c1-4-8-16-15(14-7-6-12(3)19-14)13-10-17-18(11-13)9-5-2/h10-12,14-16H,4-9H2,1-3H3. The van der Waals surface area contributed by atoms with Crippen LogP contribution in [0.25, 0.3) is 0 Å². The molecule has 0 radical (unpaired) electrons. The van der Waals surface area contributed by atoms with Gasteiger partial charge in [-0.3, -0.25) is 4.68 Å². The van der Waals surface area contributed by atoms with Crippen LogP contribution < -0.4 is 5.32 Å². The van der Waals surface area contributed by atoms with Crippen LogP contribution in [0.2, 0.25) is 0 Å². The summed E-state index contributed by atoms with van der Waals surface area (Å²) < 4.78 is 8.08. The Morgan fingerprint density at radius 1 is 1.42 bits per heavy atom. The van der Waals surface area contributed by atoms with Gasteiger partial charge in [-0.25, -0.2) is 0 Å². The first-order valence-electron chi connectivity index (χ1n) is 7.65. The Balaban J connectivity index is 2.06. The van der Waals surface area contributed by atoms with E-state index in [4.69, 9.17) is 4.74 Å². The second-order valence-electron chi connectivity index (χ2n) is 5.53. The number of hydrogen-bond donors (Lipinski definition) is 1. The van der Waals surface area contributed by atoms with Crippen molar-refractivity contribution in [2.75, 3.05) is 6.54 Å². The fraction of sp³-hybridized carbons (Fsp3) is 0.800. The minimum atomic E-state index is 0.288. The van der Waals surface area contributed by atoms with Gasteiger partial charge in [0.1, 0.15) is 0 Å². The molecule has 1 aliphatic heterocycles. The summed E-state index contributed by atoms with van der Waals surface area (Å²) in [5.74, 6) is 0. The molecule has 1 aliphatic rings. The average Bonchev–Trinajstić information content (AvgIpc) is 3.01. The number of aryl methyl sites for hydroxylation is 1. The third kappa shape index (κ3) is 3.80. The Bertz CT molecular complexity index is 377. The minimum Gasteiger partial charge on any atom is -0.373 e. The number of nitrogens with one attached hydrogen (secondary N) is 1. The summed E-state index contributed by atoms with van der Waals surface area (Å²) in [6.45, 7) is 8.55. The molecule has 3 atom stereocenters. The number of aromatic nitrogens is 2. The van der Waals surface area contributed by atoms with E-state index in [2.05, 4.69) is 37.4 Å². The predicted octanol–water partition coefficient (Wildman–Crippen LogP) is 2.90. The summed E-state index contributed by atoms with van der Waals surface area (Å²) in [5, 5.41) is 8.07. The molecule has 19 heavy (non-hydrogen) atoms. The summed E-state index contributed by atoms with van der Waals surface area (Å²) in [7, 11) is 0. The second-order valence-corrected chi connectivity index (χ2v) is 5.53. The van der Waals surface area contributed by atoms with Gasteiger partial charge in [-0.15, -0.1) is 0 Å². The predicted molar refractivity (Wildman–Crippen MR) is 77.1 cm³/mol. The Morgan fingerprint density at radius 3 is 2.89 bits per heavy atom. The highest BCUT2D eigenvalue weighted by Crippen LogP contribution is 2.30. The lowest BCUT2D eigenvalue weighted by atomic mass is 10.0. The van der Waals surface area contributed by atoms with Crippen molar-refractivity contribution >= 4 is 0 Å². The summed E-state index contributed by atoms with van der Waals surface area (Å²) in [4.78, 5) is 0. The average molecular weight is 265 g/mol. The van der Waals surface area contributed by atoms with Crippen LogP contribution >= 0.6 is 0 Å². The molecule has 1 aromatic rings. The first-order valence-corrected chi connectivity index (χ1v) is 7.65. The summed E-state index contributed by atoms with van der Waals surface area (Å²) in [6.07, 6.45) is 9.41. The molecule has 0 amide bonds. The molecular formula is C15H27N3O. The highest BCUT2D eigenvalue weighted by Gasteiger charge is 2.30. The van der Waals surface area contributed by atoms with E-state index in [1.807, 2.05) is 10.9 Å². The van der Waals surface area contributed by atoms with Crippen molar-refractivity contribution in [3.63, 3.8) is 0 Å². The number of rotatable bonds is 7. The lowest BCUT2D eigenvalue weighted by Gasteiger charge is -2.23. The fourth-order valence-electron chi connectivity index (χ4n) is 2.73. The van der Waals surface area contributed by atoms with Crippen molar-refractivity contribution in [2.24, 2.45) is 0 Å². The van der Waals surface area contributed by atoms with Gasteiger partial charge in [-0.05, 0) is 39.2 Å². The summed E-state index contributed by atoms with van der Waals surface area (Å²) in [6, 6.07) is 0.288. The third-order valence-electron chi connectivity index (χ3n) is 3.72. The molecule has 0 saturated carbocycles. The summed E-state index contributed by atoms with van der Waals surface area (Å²) >= 11 is 0. The van der Waals surface area contributed by atoms with E-state index in [-0.39, 0.29) is 6.04 Å². The van der Waals surface area contributed by atoms with Crippen molar-refractivity contribution in [1.82, 2.24) is 15.1 Å². The molecule has 4 nitrogen and oxygen atoms in total. The van der Waals surface area contributed by atoms with E-state index >= 15 is 0 Å². The van der Waals surface area contributed by atoms with Crippen LogP contribution in [0.4, 0.5) is 0 Å². The number of ether oxygens (including phenoxy) is 1. The molecule has 2 heterocycles. The maximum absolute atomic E-state index is 6.04. The van der Waals surface area contributed by atoms with Gasteiger partial charge in [0, 0.05) is 18.3 Å². The highest BCUT2D eigenvalue weighted by atomic mass is 16.5. The van der Waals surface area contributed by atoms with Crippen LogP contribution in [0, 0.1) is 0 Å². The van der Waals surface area contributed by atoms with Gasteiger partial charge in [-0.1, -0.05) is 13.8 Å². The molecule has 1 saturated heterocycles. The van der Waals surface area contributed by atoms with Gasteiger partial charge < -0.3 is 10.1 Å². The molecule has 0 spiro atoms. The van der Waals surface area contributed by atoms with E-state index in [0.717, 1.165) is 38.8 Å². The monoisotopic (exact) mass is 265 g/mol. The van der Waals surface area contributed by atoms with Crippen molar-refractivity contribution in [3.05, 3.63) is 18.0 Å². The normalized spacial score (nSPS) is 24.8. The van der Waals surface area contributed by atoms with E-state index in [9.17, 15) is 0 Å². The van der Waals surface area contributed by atoms with Crippen LogP contribution in [0.3, 0.4) is 0 Å². The first kappa shape index (κ1) is 14.5. The third-order valence-corrected chi connectivity index (χ3v) is 3.72. The Labute approximate surface area is 116 Å². The van der Waals surface area contributed by atoms with Gasteiger partial charge in [0.25, 0.3) is 0 Å². The quantitative estimate of drug-likeness (QED) is 0.824. The van der Waals surface area contributed by atoms with Crippen molar-refractivity contribution in [1.29, 1.82) is 0 Å². The van der Waals surface area contributed by atoms with Crippen LogP contribution in [0.5, 0.6) is 0 Å². The van der Waals surface area contributed by atoms with Crippen LogP contribution in [-0.2, 0) is 11.3 Å². The first-order chi connectivity index (χ1) is 9.24. The number of nitrogens with zero attached hydrogens (tertiary/aromatic N) is 2. The van der Waals surface area contributed by atoms with Gasteiger partial charge in [-0.2, -0.15) is 5.10 Å². The number of hydrogen-bond acceptors (Lipinski definition) is 3. The molecular weight excluding hydrogens is 238 g/mol. The van der Waals surface area contributed by atoms with Crippen LogP contribution in [0.15, 0.2) is 12.4 Å². The molecule has 108 valence electrons. The van der Waals surface area contributed by atoms with Gasteiger partial charge in [0.2, 0.25) is 0 Å². The van der Waals surface area contributed by atoms with E-state index in [1.165, 1.54) is 5.56 Å². The van der Waals surface area contributed by atoms with Gasteiger partial charge in [0.15, 0.2) is 0 Å². The Hall–Kier alpha value is -0.870. The van der Waals surface area contributed by atoms with Gasteiger partial charge in [0.05, 0.1) is 24.4 Å². The fourth-order valence-corrected chi connectivity index (χ4v) is 2.73. The van der Waals surface area contributed by atoms with E-state index < -0.39 is 0 Å². The Kier molecular flexibility index (Phi) is 5.40. The molecule has 2 rings (SSSR count). The lowest BCUT2D eigenvalue weighted by Crippen LogP contribution is -2.32. The Morgan fingerprint density at radius 2 is 2.26 bits per heavy atom. The van der Waals surface area contributed by atoms with Crippen LogP contribution in [0.1, 0.15) is 58.1 Å². The summed E-state index contributed by atoms with van der Waals surface area (Å²) in [5.41, 5.74) is 1.26. The molecule has 1 fully saturated rings. The maximum Gasteiger partial charge on any atom is 0.0775 e. The van der Waals surface area contributed by atoms with Crippen molar-refractivity contribution < 1.29 is 4.74 Å². The zero-order chi connectivity index (χ0) is 13.7. The molecule has 4 heteroatoms. The smallest absolute Gasteiger partial charge is 0.0775 e. The van der Waals surface area contributed by atoms with E-state index in [0.29, 0.717) is 12.2 Å². The molecule has 0 aromatic carbocycles. The highest BCUT2D eigenvalue weighted by molar-refractivity contribution is 5.13. The largest absolute Gasteiger partial charge is 0.373 e. The molecule has 0 aliphatic carbocycles. The second kappa shape index (κ2) is 7.06. The SMILES string of the molecule is CCCNC(c1cnn(CCC)c1)C1CCC(C)O1. The molecule has 1 aromatic heterocycles. The maximum atomic E-state index is 6.04. The molecule has 0 bridgehead atoms. The topological polar surface area (TPSA) is 39.1 Å². The molecule has 1 N–H and O–H groups in total.